The van der Waals surface area contributed by atoms with Crippen LogP contribution < -0.4 is 5.32 Å². The van der Waals surface area contributed by atoms with E-state index in [0.717, 1.165) is 5.56 Å². The van der Waals surface area contributed by atoms with Crippen LogP contribution in [0, 0.1) is 12.3 Å². The highest BCUT2D eigenvalue weighted by Crippen LogP contribution is 2.10. The van der Waals surface area contributed by atoms with Crippen LogP contribution >= 0.6 is 11.6 Å². The Balaban J connectivity index is 2.42. The highest BCUT2D eigenvalue weighted by Gasteiger charge is 2.02. The Morgan fingerprint density at radius 1 is 1.53 bits per heavy atom. The zero-order chi connectivity index (χ0) is 11.1. The van der Waals surface area contributed by atoms with Crippen molar-refractivity contribution in [1.29, 1.82) is 0 Å². The van der Waals surface area contributed by atoms with Crippen molar-refractivity contribution in [1.82, 2.24) is 5.32 Å². The summed E-state index contributed by atoms with van der Waals surface area (Å²) in [6.07, 6.45) is 5.96. The predicted octanol–water partition coefficient (Wildman–Crippen LogP) is 2.02. The van der Waals surface area contributed by atoms with Gasteiger partial charge in [0.1, 0.15) is 0 Å². The third-order valence-corrected chi connectivity index (χ3v) is 2.08. The van der Waals surface area contributed by atoms with E-state index in [1.165, 1.54) is 0 Å². The molecule has 1 amide bonds. The zero-order valence-corrected chi connectivity index (χ0v) is 9.05. The number of carbonyl (C=O) groups excluding carboxylic acids is 1. The lowest BCUT2D eigenvalue weighted by molar-refractivity contribution is -0.120. The first-order chi connectivity index (χ1) is 7.22. The number of hydrogen-bond acceptors (Lipinski definition) is 1. The van der Waals surface area contributed by atoms with Crippen LogP contribution in [0.5, 0.6) is 0 Å². The topological polar surface area (TPSA) is 29.1 Å². The molecule has 0 aliphatic heterocycles. The molecule has 0 saturated heterocycles. The third-order valence-electron chi connectivity index (χ3n) is 1.85. The summed E-state index contributed by atoms with van der Waals surface area (Å²) in [5, 5.41) is 3.37. The summed E-state index contributed by atoms with van der Waals surface area (Å²) < 4.78 is 0. The summed E-state index contributed by atoms with van der Waals surface area (Å²) in [5.74, 6) is 2.43. The summed E-state index contributed by atoms with van der Waals surface area (Å²) in [6.45, 7) is 0.524. The maximum atomic E-state index is 11.4. The largest absolute Gasteiger partial charge is 0.355 e. The molecule has 0 saturated carbocycles. The van der Waals surface area contributed by atoms with E-state index in [2.05, 4.69) is 11.2 Å². The fraction of sp³-hybridized carbons (Fsp3) is 0.250. The Morgan fingerprint density at radius 2 is 2.33 bits per heavy atom. The van der Waals surface area contributed by atoms with Gasteiger partial charge in [-0.15, -0.1) is 12.3 Å². The predicted molar refractivity (Wildman–Crippen MR) is 61.6 cm³/mol. The molecule has 0 spiro atoms. The van der Waals surface area contributed by atoms with Gasteiger partial charge in [0, 0.05) is 18.0 Å². The van der Waals surface area contributed by atoms with E-state index in [9.17, 15) is 4.79 Å². The Bertz CT molecular complexity index is 381. The quantitative estimate of drug-likeness (QED) is 0.612. The van der Waals surface area contributed by atoms with E-state index in [0.29, 0.717) is 24.4 Å². The molecule has 2 nitrogen and oxygen atoms in total. The Labute approximate surface area is 94.6 Å². The molecule has 0 aliphatic carbocycles. The van der Waals surface area contributed by atoms with Gasteiger partial charge in [0.05, 0.1) is 6.42 Å². The van der Waals surface area contributed by atoms with Crippen molar-refractivity contribution < 1.29 is 4.79 Å². The van der Waals surface area contributed by atoms with Gasteiger partial charge in [-0.05, 0) is 17.7 Å². The van der Waals surface area contributed by atoms with Crippen molar-refractivity contribution in [3.63, 3.8) is 0 Å². The van der Waals surface area contributed by atoms with Crippen LogP contribution in [0.2, 0.25) is 5.02 Å². The number of terminal acetylenes is 1. The molecule has 0 radical (unpaired) electrons. The second-order valence-electron chi connectivity index (χ2n) is 3.11. The lowest BCUT2D eigenvalue weighted by Crippen LogP contribution is -2.25. The molecule has 0 aromatic heterocycles. The standard InChI is InChI=1S/C12H12ClNO/c1-2-3-7-14-12(15)9-10-5-4-6-11(13)8-10/h1,4-6,8H,3,7,9H2,(H,14,15). The molecule has 1 N–H and O–H groups in total. The van der Waals surface area contributed by atoms with Crippen molar-refractivity contribution >= 4 is 17.5 Å². The average Bonchev–Trinajstić information content (AvgIpc) is 2.18. The van der Waals surface area contributed by atoms with Gasteiger partial charge in [-0.1, -0.05) is 23.7 Å². The van der Waals surface area contributed by atoms with Crippen LogP contribution in [0.1, 0.15) is 12.0 Å². The minimum absolute atomic E-state index is 0.0347. The highest BCUT2D eigenvalue weighted by atomic mass is 35.5. The van der Waals surface area contributed by atoms with E-state index < -0.39 is 0 Å². The highest BCUT2D eigenvalue weighted by molar-refractivity contribution is 6.30. The minimum Gasteiger partial charge on any atom is -0.355 e. The fourth-order valence-corrected chi connectivity index (χ4v) is 1.38. The Kier molecular flexibility index (Phi) is 4.73. The van der Waals surface area contributed by atoms with E-state index >= 15 is 0 Å². The normalized spacial score (nSPS) is 9.33. The average molecular weight is 222 g/mol. The molecular weight excluding hydrogens is 210 g/mol. The SMILES string of the molecule is C#CCCNC(=O)Cc1cccc(Cl)c1. The van der Waals surface area contributed by atoms with Gasteiger partial charge in [-0.2, -0.15) is 0 Å². The molecule has 15 heavy (non-hydrogen) atoms. The molecule has 0 bridgehead atoms. The smallest absolute Gasteiger partial charge is 0.224 e. The summed E-state index contributed by atoms with van der Waals surface area (Å²) >= 11 is 5.80. The number of nitrogens with one attached hydrogen (secondary N) is 1. The second kappa shape index (κ2) is 6.10. The number of rotatable bonds is 4. The first-order valence-corrected chi connectivity index (χ1v) is 5.05. The maximum Gasteiger partial charge on any atom is 0.224 e. The van der Waals surface area contributed by atoms with Gasteiger partial charge < -0.3 is 5.32 Å². The first-order valence-electron chi connectivity index (χ1n) is 4.67. The summed E-state index contributed by atoms with van der Waals surface area (Å²) in [7, 11) is 0. The van der Waals surface area contributed by atoms with Gasteiger partial charge in [0.15, 0.2) is 0 Å². The third kappa shape index (κ3) is 4.53. The van der Waals surface area contributed by atoms with Crippen LogP contribution in [0.25, 0.3) is 0 Å². The van der Waals surface area contributed by atoms with Gasteiger partial charge in [-0.3, -0.25) is 4.79 Å². The molecule has 1 aromatic rings. The van der Waals surface area contributed by atoms with Gasteiger partial charge >= 0.3 is 0 Å². The molecule has 0 atom stereocenters. The van der Waals surface area contributed by atoms with Crippen LogP contribution in [0.4, 0.5) is 0 Å². The molecule has 78 valence electrons. The van der Waals surface area contributed by atoms with E-state index in [1.807, 2.05) is 12.1 Å². The zero-order valence-electron chi connectivity index (χ0n) is 8.29. The molecule has 0 heterocycles. The molecule has 0 aliphatic rings. The summed E-state index contributed by atoms with van der Waals surface area (Å²) in [4.78, 5) is 11.4. The molecular formula is C12H12ClNO. The summed E-state index contributed by atoms with van der Waals surface area (Å²) in [5.41, 5.74) is 0.903. The first kappa shape index (κ1) is 11.6. The van der Waals surface area contributed by atoms with E-state index in [4.69, 9.17) is 18.0 Å². The Hall–Kier alpha value is -1.46. The van der Waals surface area contributed by atoms with Gasteiger partial charge in [0.25, 0.3) is 0 Å². The summed E-state index contributed by atoms with van der Waals surface area (Å²) in [6, 6.07) is 7.25. The molecule has 3 heteroatoms. The fourth-order valence-electron chi connectivity index (χ4n) is 1.17. The van der Waals surface area contributed by atoms with Crippen LogP contribution in [0.15, 0.2) is 24.3 Å². The Morgan fingerprint density at radius 3 is 3.00 bits per heavy atom. The van der Waals surface area contributed by atoms with E-state index in [-0.39, 0.29) is 5.91 Å². The number of amides is 1. The molecule has 1 rings (SSSR count). The van der Waals surface area contributed by atoms with Crippen LogP contribution in [-0.2, 0) is 11.2 Å². The number of hydrogen-bond donors (Lipinski definition) is 1. The molecule has 0 unspecified atom stereocenters. The van der Waals surface area contributed by atoms with Gasteiger partial charge in [0.2, 0.25) is 5.91 Å². The van der Waals surface area contributed by atoms with Crippen molar-refractivity contribution in [2.24, 2.45) is 0 Å². The van der Waals surface area contributed by atoms with Crippen molar-refractivity contribution in [2.45, 2.75) is 12.8 Å². The van der Waals surface area contributed by atoms with Crippen molar-refractivity contribution in [3.8, 4) is 12.3 Å². The number of carbonyl (C=O) groups is 1. The minimum atomic E-state index is -0.0347. The molecule has 1 aromatic carbocycles. The van der Waals surface area contributed by atoms with E-state index in [1.54, 1.807) is 12.1 Å². The lowest BCUT2D eigenvalue weighted by atomic mass is 10.1. The number of benzene rings is 1. The lowest BCUT2D eigenvalue weighted by Gasteiger charge is -2.03. The van der Waals surface area contributed by atoms with Crippen molar-refractivity contribution in [3.05, 3.63) is 34.9 Å². The molecule has 0 fully saturated rings. The van der Waals surface area contributed by atoms with Crippen LogP contribution in [0.3, 0.4) is 0 Å². The second-order valence-corrected chi connectivity index (χ2v) is 3.55. The van der Waals surface area contributed by atoms with Gasteiger partial charge in [-0.25, -0.2) is 0 Å². The van der Waals surface area contributed by atoms with Crippen molar-refractivity contribution in [2.75, 3.05) is 6.54 Å². The number of halogens is 1. The van der Waals surface area contributed by atoms with Crippen LogP contribution in [-0.4, -0.2) is 12.5 Å². The maximum absolute atomic E-state index is 11.4. The monoisotopic (exact) mass is 221 g/mol.